The second-order valence-electron chi connectivity index (χ2n) is 3.94. The Labute approximate surface area is 102 Å². The lowest BCUT2D eigenvalue weighted by molar-refractivity contribution is 0.672. The van der Waals surface area contributed by atoms with Gasteiger partial charge in [-0.05, 0) is 6.92 Å². The first kappa shape index (κ1) is 12.1. The van der Waals surface area contributed by atoms with Crippen LogP contribution in [0.3, 0.4) is 0 Å². The molecule has 2 aromatic heterocycles. The highest BCUT2D eigenvalue weighted by Crippen LogP contribution is 2.19. The summed E-state index contributed by atoms with van der Waals surface area (Å²) in [5, 5.41) is 4.30. The summed E-state index contributed by atoms with van der Waals surface area (Å²) in [6.45, 7) is 4.43. The summed E-state index contributed by atoms with van der Waals surface area (Å²) in [5.74, 6) is 1.72. The van der Waals surface area contributed by atoms with Gasteiger partial charge < -0.3 is 5.73 Å². The molecule has 7 heteroatoms. The van der Waals surface area contributed by atoms with E-state index in [0.717, 1.165) is 16.9 Å². The molecule has 1 atom stereocenters. The molecule has 6 nitrogen and oxygen atoms in total. The lowest BCUT2D eigenvalue weighted by Crippen LogP contribution is -2.13. The van der Waals surface area contributed by atoms with Gasteiger partial charge in [0, 0.05) is 35.9 Å². The molecule has 94 valence electrons. The normalized spacial score (nSPS) is 13.4. The number of nitrogen functional groups attached to an aromatic ring is 1. The van der Waals surface area contributed by atoms with Crippen LogP contribution in [0.5, 0.6) is 0 Å². The number of hydrogen-bond donors (Lipinski definition) is 1. The van der Waals surface area contributed by atoms with E-state index in [0.29, 0.717) is 24.0 Å². The number of rotatable bonds is 4. The standard InChI is InChI=1S/C10H17N5OS/c1-4-17(16)6-5-15-9-8(12-10(15)11)7(2)13-14(9)3/h4-6H2,1-3H3,(H2,11,12). The van der Waals surface area contributed by atoms with Crippen LogP contribution in [0.4, 0.5) is 5.95 Å². The van der Waals surface area contributed by atoms with Crippen LogP contribution in [0.25, 0.3) is 11.2 Å². The van der Waals surface area contributed by atoms with E-state index in [4.69, 9.17) is 5.73 Å². The van der Waals surface area contributed by atoms with E-state index in [2.05, 4.69) is 10.1 Å². The van der Waals surface area contributed by atoms with Crippen molar-refractivity contribution in [2.24, 2.45) is 7.05 Å². The van der Waals surface area contributed by atoms with Crippen molar-refractivity contribution in [1.29, 1.82) is 0 Å². The SMILES string of the molecule is CCS(=O)CCn1c(N)nc2c(C)nn(C)c21. The van der Waals surface area contributed by atoms with Crippen molar-refractivity contribution in [3.63, 3.8) is 0 Å². The summed E-state index contributed by atoms with van der Waals surface area (Å²) in [6, 6.07) is 0. The monoisotopic (exact) mass is 255 g/mol. The van der Waals surface area contributed by atoms with Gasteiger partial charge in [0.15, 0.2) is 5.65 Å². The molecule has 1 unspecified atom stereocenters. The van der Waals surface area contributed by atoms with E-state index >= 15 is 0 Å². The van der Waals surface area contributed by atoms with Crippen LogP contribution in [0, 0.1) is 6.92 Å². The molecule has 0 amide bonds. The summed E-state index contributed by atoms with van der Waals surface area (Å²) in [6.07, 6.45) is 0. The Hall–Kier alpha value is -1.37. The molecule has 0 aliphatic rings. The lowest BCUT2D eigenvalue weighted by Gasteiger charge is -2.05. The molecule has 0 aliphatic carbocycles. The minimum absolute atomic E-state index is 0.462. The van der Waals surface area contributed by atoms with E-state index in [-0.39, 0.29) is 0 Å². The number of anilines is 1. The van der Waals surface area contributed by atoms with Crippen LogP contribution in [0.2, 0.25) is 0 Å². The molecule has 0 aromatic carbocycles. The maximum Gasteiger partial charge on any atom is 0.202 e. The fraction of sp³-hybridized carbons (Fsp3) is 0.600. The Morgan fingerprint density at radius 1 is 1.47 bits per heavy atom. The van der Waals surface area contributed by atoms with Crippen LogP contribution in [0.1, 0.15) is 12.6 Å². The van der Waals surface area contributed by atoms with Gasteiger partial charge in [0.25, 0.3) is 0 Å². The predicted octanol–water partition coefficient (Wildman–Crippen LogP) is 0.429. The molecule has 2 rings (SSSR count). The highest BCUT2D eigenvalue weighted by Gasteiger charge is 2.15. The average molecular weight is 255 g/mol. The van der Waals surface area contributed by atoms with E-state index in [1.165, 1.54) is 0 Å². The molecular weight excluding hydrogens is 238 g/mol. The first-order valence-corrected chi connectivity index (χ1v) is 7.03. The summed E-state index contributed by atoms with van der Waals surface area (Å²) < 4.78 is 15.1. The topological polar surface area (TPSA) is 78.7 Å². The highest BCUT2D eigenvalue weighted by atomic mass is 32.2. The zero-order valence-corrected chi connectivity index (χ0v) is 11.1. The van der Waals surface area contributed by atoms with Gasteiger partial charge >= 0.3 is 0 Å². The van der Waals surface area contributed by atoms with Crippen molar-refractivity contribution in [3.05, 3.63) is 5.69 Å². The minimum atomic E-state index is -0.796. The third-order valence-corrected chi connectivity index (χ3v) is 4.07. The third kappa shape index (κ3) is 2.06. The molecular formula is C10H17N5OS. The summed E-state index contributed by atoms with van der Waals surface area (Å²) in [5.41, 5.74) is 8.46. The molecule has 0 bridgehead atoms. The molecule has 0 radical (unpaired) electrons. The molecule has 0 aliphatic heterocycles. The number of nitrogens with zero attached hydrogens (tertiary/aromatic N) is 4. The maximum atomic E-state index is 11.5. The van der Waals surface area contributed by atoms with E-state index in [1.807, 2.05) is 25.5 Å². The average Bonchev–Trinajstić information content (AvgIpc) is 2.75. The maximum absolute atomic E-state index is 11.5. The zero-order valence-electron chi connectivity index (χ0n) is 10.3. The Kier molecular flexibility index (Phi) is 3.19. The van der Waals surface area contributed by atoms with Gasteiger partial charge in [-0.25, -0.2) is 4.98 Å². The van der Waals surface area contributed by atoms with Gasteiger partial charge in [0.05, 0.1) is 5.69 Å². The Bertz CT molecular complexity index is 571. The quantitative estimate of drug-likeness (QED) is 0.859. The second-order valence-corrected chi connectivity index (χ2v) is 5.80. The number of aryl methyl sites for hydroxylation is 3. The van der Waals surface area contributed by atoms with Crippen molar-refractivity contribution in [2.75, 3.05) is 17.2 Å². The van der Waals surface area contributed by atoms with Crippen LogP contribution < -0.4 is 5.73 Å². The summed E-state index contributed by atoms with van der Waals surface area (Å²) >= 11 is 0. The van der Waals surface area contributed by atoms with Gasteiger partial charge in [-0.3, -0.25) is 13.5 Å². The lowest BCUT2D eigenvalue weighted by atomic mass is 10.4. The van der Waals surface area contributed by atoms with Crippen LogP contribution in [-0.2, 0) is 24.4 Å². The molecule has 17 heavy (non-hydrogen) atoms. The van der Waals surface area contributed by atoms with Crippen molar-refractivity contribution in [3.8, 4) is 0 Å². The molecule has 0 saturated heterocycles. The number of nitrogens with two attached hydrogens (primary N) is 1. The van der Waals surface area contributed by atoms with Gasteiger partial charge in [-0.15, -0.1) is 0 Å². The highest BCUT2D eigenvalue weighted by molar-refractivity contribution is 7.84. The first-order chi connectivity index (χ1) is 8.04. The van der Waals surface area contributed by atoms with Crippen LogP contribution in [0.15, 0.2) is 0 Å². The zero-order chi connectivity index (χ0) is 12.6. The van der Waals surface area contributed by atoms with Crippen molar-refractivity contribution >= 4 is 27.9 Å². The fourth-order valence-electron chi connectivity index (χ4n) is 1.91. The van der Waals surface area contributed by atoms with Crippen LogP contribution >= 0.6 is 0 Å². The third-order valence-electron chi connectivity index (χ3n) is 2.78. The molecule has 0 saturated carbocycles. The smallest absolute Gasteiger partial charge is 0.202 e. The first-order valence-electron chi connectivity index (χ1n) is 5.54. The van der Waals surface area contributed by atoms with Crippen molar-refractivity contribution < 1.29 is 4.21 Å². The minimum Gasteiger partial charge on any atom is -0.369 e. The predicted molar refractivity (Wildman–Crippen MR) is 69.2 cm³/mol. The Morgan fingerprint density at radius 2 is 2.18 bits per heavy atom. The fourth-order valence-corrected chi connectivity index (χ4v) is 2.58. The van der Waals surface area contributed by atoms with Gasteiger partial charge in [0.2, 0.25) is 5.95 Å². The largest absolute Gasteiger partial charge is 0.369 e. The molecule has 0 fully saturated rings. The Morgan fingerprint density at radius 3 is 2.82 bits per heavy atom. The molecule has 0 spiro atoms. The van der Waals surface area contributed by atoms with Crippen LogP contribution in [-0.4, -0.2) is 35.0 Å². The second kappa shape index (κ2) is 4.48. The van der Waals surface area contributed by atoms with Gasteiger partial charge in [0.1, 0.15) is 5.52 Å². The summed E-state index contributed by atoms with van der Waals surface area (Å²) in [4.78, 5) is 4.30. The number of hydrogen-bond acceptors (Lipinski definition) is 4. The number of fused-ring (bicyclic) bond motifs is 1. The number of aromatic nitrogens is 4. The van der Waals surface area contributed by atoms with E-state index in [1.54, 1.807) is 4.68 Å². The van der Waals surface area contributed by atoms with E-state index in [9.17, 15) is 4.21 Å². The van der Waals surface area contributed by atoms with Gasteiger partial charge in [-0.1, -0.05) is 6.92 Å². The molecule has 2 heterocycles. The summed E-state index contributed by atoms with van der Waals surface area (Å²) in [7, 11) is 1.07. The van der Waals surface area contributed by atoms with E-state index < -0.39 is 10.8 Å². The Balaban J connectivity index is 2.39. The molecule has 2 N–H and O–H groups in total. The molecule has 2 aromatic rings. The van der Waals surface area contributed by atoms with Crippen molar-refractivity contribution in [2.45, 2.75) is 20.4 Å². The van der Waals surface area contributed by atoms with Gasteiger partial charge in [-0.2, -0.15) is 5.10 Å². The number of imidazole rings is 1. The van der Waals surface area contributed by atoms with Crippen molar-refractivity contribution in [1.82, 2.24) is 19.3 Å².